The smallest absolute Gasteiger partial charge is 0.334 e. The number of aliphatic imine (C=N–C) groups is 1. The van der Waals surface area contributed by atoms with Crippen molar-refractivity contribution in [2.75, 3.05) is 0 Å². The molecule has 0 spiro atoms. The molecule has 4 rings (SSSR count). The molecule has 2 heterocycles. The summed E-state index contributed by atoms with van der Waals surface area (Å²) in [6.07, 6.45) is 2.26. The zero-order valence-corrected chi connectivity index (χ0v) is 31.3. The van der Waals surface area contributed by atoms with E-state index in [4.69, 9.17) is 33.4 Å². The first-order chi connectivity index (χ1) is 23.6. The molecule has 9 atom stereocenters. The average Bonchev–Trinajstić information content (AvgIpc) is 3.56. The SMILES string of the molecule is C/C=C(/C)C(=O)O[C@H]1C(C)=C2[C@H]([C@@H]1OC(=O)CCCCCCC)[C@@](C)(OC(C)=O)C[C@H](OC(=O)CCC)[C@@]1(O)[C@H]2O[C@H]2N=C(CCC)O[C@]21C. The molecule has 0 aromatic carbocycles. The Hall–Kier alpha value is -3.25. The number of ether oxygens (including phenoxy) is 6. The van der Waals surface area contributed by atoms with E-state index in [1.165, 1.54) is 6.92 Å². The minimum Gasteiger partial charge on any atom is -0.467 e. The fraction of sp³-hybridized carbons (Fsp3) is 0.763. The van der Waals surface area contributed by atoms with Crippen LogP contribution in [0, 0.1) is 5.92 Å². The van der Waals surface area contributed by atoms with Gasteiger partial charge in [0.05, 0.1) is 5.92 Å². The van der Waals surface area contributed by atoms with Crippen molar-refractivity contribution in [1.29, 1.82) is 0 Å². The molecule has 12 nitrogen and oxygen atoms in total. The first kappa shape index (κ1) is 39.5. The minimum atomic E-state index is -2.06. The Kier molecular flexibility index (Phi) is 12.6. The lowest BCUT2D eigenvalue weighted by Crippen LogP contribution is -2.65. The molecule has 1 saturated carbocycles. The van der Waals surface area contributed by atoms with Crippen molar-refractivity contribution in [3.63, 3.8) is 0 Å². The van der Waals surface area contributed by atoms with E-state index in [0.717, 1.165) is 32.1 Å². The molecule has 1 N–H and O–H groups in total. The van der Waals surface area contributed by atoms with Crippen molar-refractivity contribution in [3.8, 4) is 0 Å². The van der Waals surface area contributed by atoms with Crippen LogP contribution in [0.5, 0.6) is 0 Å². The topological polar surface area (TPSA) is 156 Å². The van der Waals surface area contributed by atoms with Gasteiger partial charge >= 0.3 is 23.9 Å². The van der Waals surface area contributed by atoms with E-state index in [0.29, 0.717) is 41.9 Å². The summed E-state index contributed by atoms with van der Waals surface area (Å²) in [5, 5.41) is 13.2. The van der Waals surface area contributed by atoms with Gasteiger partial charge in [0.1, 0.15) is 17.8 Å². The van der Waals surface area contributed by atoms with E-state index >= 15 is 0 Å². The average molecular weight is 704 g/mol. The van der Waals surface area contributed by atoms with Crippen LogP contribution >= 0.6 is 0 Å². The fourth-order valence-electron chi connectivity index (χ4n) is 8.02. The molecule has 12 heteroatoms. The maximum atomic E-state index is 13.5. The Labute approximate surface area is 296 Å². The number of esters is 4. The molecule has 2 fully saturated rings. The highest BCUT2D eigenvalue weighted by molar-refractivity contribution is 5.88. The van der Waals surface area contributed by atoms with Crippen LogP contribution in [0.25, 0.3) is 0 Å². The van der Waals surface area contributed by atoms with Crippen LogP contribution in [0.3, 0.4) is 0 Å². The van der Waals surface area contributed by atoms with Crippen LogP contribution in [0.15, 0.2) is 27.8 Å². The van der Waals surface area contributed by atoms with Gasteiger partial charge in [0.15, 0.2) is 35.5 Å². The zero-order chi connectivity index (χ0) is 37.0. The van der Waals surface area contributed by atoms with Crippen LogP contribution in [-0.2, 0) is 47.6 Å². The van der Waals surface area contributed by atoms with Crippen molar-refractivity contribution in [3.05, 3.63) is 22.8 Å². The van der Waals surface area contributed by atoms with Crippen LogP contribution in [-0.4, -0.2) is 82.3 Å². The summed E-state index contributed by atoms with van der Waals surface area (Å²) in [7, 11) is 0. The summed E-state index contributed by atoms with van der Waals surface area (Å²) in [6.45, 7) is 15.6. The lowest BCUT2D eigenvalue weighted by atomic mass is 9.74. The largest absolute Gasteiger partial charge is 0.467 e. The predicted octanol–water partition coefficient (Wildman–Crippen LogP) is 5.96. The third-order valence-electron chi connectivity index (χ3n) is 10.7. The fourth-order valence-corrected chi connectivity index (χ4v) is 8.02. The second-order valence-electron chi connectivity index (χ2n) is 14.5. The number of fused-ring (bicyclic) bond motifs is 5. The van der Waals surface area contributed by atoms with Gasteiger partial charge in [-0.1, -0.05) is 52.5 Å². The van der Waals surface area contributed by atoms with Crippen molar-refractivity contribution >= 4 is 29.8 Å². The van der Waals surface area contributed by atoms with Crippen molar-refractivity contribution in [1.82, 2.24) is 0 Å². The number of hydrogen-bond acceptors (Lipinski definition) is 12. The number of carbonyl (C=O) groups is 4. The normalized spacial score (nSPS) is 34.5. The summed E-state index contributed by atoms with van der Waals surface area (Å²) in [5.41, 5.74) is -3.87. The van der Waals surface area contributed by atoms with Gasteiger partial charge in [0, 0.05) is 38.2 Å². The van der Waals surface area contributed by atoms with Crippen LogP contribution in [0.2, 0.25) is 0 Å². The summed E-state index contributed by atoms with van der Waals surface area (Å²) in [5.74, 6) is -2.85. The molecule has 0 bridgehead atoms. The van der Waals surface area contributed by atoms with E-state index < -0.39 is 77.2 Å². The second-order valence-corrected chi connectivity index (χ2v) is 14.5. The summed E-state index contributed by atoms with van der Waals surface area (Å²) >= 11 is 0. The molecule has 0 aromatic heterocycles. The van der Waals surface area contributed by atoms with E-state index in [1.807, 2.05) is 13.8 Å². The van der Waals surface area contributed by atoms with Crippen molar-refractivity contribution < 1.29 is 52.7 Å². The molecule has 0 aromatic rings. The first-order valence-electron chi connectivity index (χ1n) is 18.4. The Bertz CT molecular complexity index is 1400. The molecule has 50 heavy (non-hydrogen) atoms. The van der Waals surface area contributed by atoms with Crippen LogP contribution in [0.1, 0.15) is 133 Å². The number of nitrogens with zero attached hydrogens (tertiary/aromatic N) is 1. The first-order valence-corrected chi connectivity index (χ1v) is 18.4. The number of unbranched alkanes of at least 4 members (excludes halogenated alkanes) is 4. The van der Waals surface area contributed by atoms with E-state index in [9.17, 15) is 24.3 Å². The minimum absolute atomic E-state index is 0.0902. The summed E-state index contributed by atoms with van der Waals surface area (Å²) in [4.78, 5) is 57.6. The molecular weight excluding hydrogens is 646 g/mol. The second kappa shape index (κ2) is 16.0. The molecule has 0 radical (unpaired) electrons. The lowest BCUT2D eigenvalue weighted by Gasteiger charge is -2.44. The highest BCUT2D eigenvalue weighted by atomic mass is 16.6. The highest BCUT2D eigenvalue weighted by Gasteiger charge is 2.78. The molecule has 0 amide bonds. The van der Waals surface area contributed by atoms with Gasteiger partial charge in [-0.25, -0.2) is 9.79 Å². The third-order valence-corrected chi connectivity index (χ3v) is 10.7. The Morgan fingerprint density at radius 1 is 0.940 bits per heavy atom. The molecule has 2 aliphatic heterocycles. The maximum absolute atomic E-state index is 13.5. The van der Waals surface area contributed by atoms with Gasteiger partial charge in [-0.05, 0) is 65.0 Å². The van der Waals surface area contributed by atoms with Gasteiger partial charge < -0.3 is 33.5 Å². The van der Waals surface area contributed by atoms with Gasteiger partial charge in [0.2, 0.25) is 0 Å². The monoisotopic (exact) mass is 703 g/mol. The van der Waals surface area contributed by atoms with E-state index in [2.05, 4.69) is 6.92 Å². The number of carbonyl (C=O) groups excluding carboxylic acids is 4. The van der Waals surface area contributed by atoms with Crippen molar-refractivity contribution in [2.24, 2.45) is 10.9 Å². The number of rotatable bonds is 15. The Morgan fingerprint density at radius 3 is 2.24 bits per heavy atom. The standard InChI is InChI=1S/C38H57NO11/c1-10-14-15-16-17-20-28(42)46-32-30-29(23(6)31(32)47-34(43)22(5)13-4)33-38(44,37(9)35(48-33)39-26(50-37)18-11-2)25(45-27(41)19-12-3)21-36(30,8)49-24(7)40/h13,25,30-33,35,44H,10-12,14-21H2,1-9H3/b22-13-/t25-,30+,31-,32-,33-,35+,36-,37+,38+/m0/s1. The molecular formula is C38H57NO11. The molecule has 0 unspecified atom stereocenters. The number of allylic oxidation sites excluding steroid dienone is 1. The zero-order valence-electron chi connectivity index (χ0n) is 31.3. The molecule has 280 valence electrons. The number of hydrogen-bond donors (Lipinski definition) is 1. The molecule has 2 aliphatic carbocycles. The van der Waals surface area contributed by atoms with E-state index in [1.54, 1.807) is 40.7 Å². The van der Waals surface area contributed by atoms with Gasteiger partial charge in [0.25, 0.3) is 0 Å². The van der Waals surface area contributed by atoms with Gasteiger partial charge in [-0.2, -0.15) is 0 Å². The summed E-state index contributed by atoms with van der Waals surface area (Å²) in [6, 6.07) is 0. The van der Waals surface area contributed by atoms with Crippen LogP contribution in [0.4, 0.5) is 0 Å². The van der Waals surface area contributed by atoms with Gasteiger partial charge in [-0.3, -0.25) is 14.4 Å². The molecule has 1 saturated heterocycles. The predicted molar refractivity (Wildman–Crippen MR) is 184 cm³/mol. The maximum Gasteiger partial charge on any atom is 0.334 e. The highest BCUT2D eigenvalue weighted by Crippen LogP contribution is 2.60. The van der Waals surface area contributed by atoms with Crippen LogP contribution < -0.4 is 0 Å². The Morgan fingerprint density at radius 2 is 1.62 bits per heavy atom. The quantitative estimate of drug-likeness (QED) is 0.0706. The third kappa shape index (κ3) is 7.38. The molecule has 4 aliphatic rings. The number of aliphatic hydroxyl groups is 1. The van der Waals surface area contributed by atoms with Gasteiger partial charge in [-0.15, -0.1) is 0 Å². The van der Waals surface area contributed by atoms with Crippen molar-refractivity contribution in [2.45, 2.75) is 180 Å². The lowest BCUT2D eigenvalue weighted by molar-refractivity contribution is -0.209. The summed E-state index contributed by atoms with van der Waals surface area (Å²) < 4.78 is 37.6. The van der Waals surface area contributed by atoms with E-state index in [-0.39, 0.29) is 19.3 Å². The Balaban J connectivity index is 1.90.